The summed E-state index contributed by atoms with van der Waals surface area (Å²) in [6, 6.07) is 23.4. The number of nitrogen functional groups attached to an aromatic ring is 4. The maximum atomic E-state index is 12.8. The molecule has 7 fully saturated rings. The number of aryl methyl sites for hydroxylation is 4. The summed E-state index contributed by atoms with van der Waals surface area (Å²) in [4.78, 5) is 97.7. The number of carbonyl (C=O) groups excluding carboxylic acids is 7. The van der Waals surface area contributed by atoms with E-state index in [9.17, 15) is 38.4 Å². The predicted molar refractivity (Wildman–Crippen MR) is 431 cm³/mol. The Balaban J connectivity index is 0.000000168. The minimum Gasteiger partial charge on any atom is -0.870 e. The summed E-state index contributed by atoms with van der Waals surface area (Å²) >= 11 is 0. The van der Waals surface area contributed by atoms with Gasteiger partial charge in [-0.1, -0.05) is 83.6 Å². The Morgan fingerprint density at radius 3 is 0.930 bits per heavy atom. The van der Waals surface area contributed by atoms with E-state index in [0.29, 0.717) is 86.1 Å². The molecule has 4 heterocycles. The van der Waals surface area contributed by atoms with Crippen LogP contribution in [0.2, 0.25) is 0 Å². The van der Waals surface area contributed by atoms with Crippen molar-refractivity contribution in [2.24, 2.45) is 23.5 Å². The van der Waals surface area contributed by atoms with Crippen molar-refractivity contribution in [3.8, 4) is 22.7 Å². The summed E-state index contributed by atoms with van der Waals surface area (Å²) in [5.41, 5.74) is 39.6. The first-order valence-corrected chi connectivity index (χ1v) is 39.5. The van der Waals surface area contributed by atoms with Crippen LogP contribution in [0.25, 0.3) is 22.7 Å². The molecule has 30 nitrogen and oxygen atoms in total. The van der Waals surface area contributed by atoms with E-state index in [4.69, 9.17) is 38.5 Å². The van der Waals surface area contributed by atoms with Crippen molar-refractivity contribution in [2.45, 2.75) is 226 Å². The molecule has 6 amide bonds. The number of carboxylic acids is 1. The SMILES string of the molecule is CC1CCCCC1N.CCOC(=O)c1cnn(-c2cc(C(=O)NC3CC3)ccc2C)c1N.Cc1ccc(C(=O)NC2CC2)cc1-n1ncc(C(=O)NC2CCCCC2C)c1N.Cc1ccc(C(=O)NC2CC2)cc1-n1ncc(C(=O)NC2CCCCC2C)c1N.Cc1ccc(C(=O)NC2CC2)cc1-n1ncc(C(=O)O)c1N.[Li+].[OH-]. The smallest absolute Gasteiger partial charge is 0.870 e. The number of anilines is 4. The van der Waals surface area contributed by atoms with E-state index in [1.807, 2.05) is 45.9 Å². The molecule has 0 bridgehead atoms. The largest absolute Gasteiger partial charge is 1.00 e. The number of hydrogen-bond donors (Lipinski definition) is 12. The van der Waals surface area contributed by atoms with Crippen LogP contribution in [0.5, 0.6) is 0 Å². The van der Waals surface area contributed by atoms with Gasteiger partial charge < -0.3 is 75.9 Å². The summed E-state index contributed by atoms with van der Waals surface area (Å²) in [6.07, 6.45) is 28.2. The van der Waals surface area contributed by atoms with Gasteiger partial charge in [-0.3, -0.25) is 28.8 Å². The Bertz CT molecular complexity index is 4600. The van der Waals surface area contributed by atoms with Crippen molar-refractivity contribution >= 4 is 70.7 Å². The van der Waals surface area contributed by atoms with E-state index in [2.05, 4.69) is 73.1 Å². The number of aromatic carboxylic acids is 1. The molecule has 6 atom stereocenters. The number of benzene rings is 4. The zero-order chi connectivity index (χ0) is 80.2. The first-order chi connectivity index (χ1) is 53.7. The van der Waals surface area contributed by atoms with E-state index >= 15 is 0 Å². The van der Waals surface area contributed by atoms with E-state index in [-0.39, 0.29) is 125 Å². The molecule has 4 aromatic carbocycles. The molecule has 7 saturated carbocycles. The number of hydrogen-bond acceptors (Lipinski definition) is 19. The topological polar surface area (TPSA) is 470 Å². The monoisotopic (exact) mass is 1560 g/mol. The number of rotatable bonds is 19. The van der Waals surface area contributed by atoms with Crippen LogP contribution in [-0.2, 0) is 4.74 Å². The van der Waals surface area contributed by atoms with Crippen LogP contribution in [-0.4, -0.2) is 146 Å². The molecule has 0 aliphatic heterocycles. The fraction of sp³-hybridized carbons (Fsp3) is 0.470. The Kier molecular flexibility index (Phi) is 30.0. The van der Waals surface area contributed by atoms with Gasteiger partial charge >= 0.3 is 30.8 Å². The molecule has 4 aromatic heterocycles. The Morgan fingerprint density at radius 2 is 0.667 bits per heavy atom. The standard InChI is InChI=1S/2C22H29N5O2.C17H20N4O3.C15H16N4O3.C7H15N.Li.H2O/c2*1-13-5-3-4-6-18(13)26-22(29)17-12-24-27(20(17)23)19-11-15(8-7-14(19)2)21(28)25-16-9-10-16;1-3-24-17(23)13-9-19-21(15(13)18)14-8-11(5-4-10(14)2)16(22)20-12-6-7-12;1-8-2-3-9(14(20)18-10-4-5-10)6-12(8)19-13(16)11(7-17-19)15(21)22;1-6-4-2-3-5-7(6)8;;/h2*7-8,11-13,16,18H,3-6,9-10,23H2,1-2H3,(H,25,28)(H,26,29);4-5,8-9,12H,3,6-7,18H2,1-2H3,(H,20,22);2-3,6-7,10H,4-5,16H2,1H3,(H,18,20)(H,21,22);6-7H,2-5,8H2,1H3;;1H2/q;;;;;+1;/p-1. The van der Waals surface area contributed by atoms with Crippen LogP contribution < -0.4 is 79.4 Å². The molecule has 0 saturated heterocycles. The van der Waals surface area contributed by atoms with Crippen LogP contribution in [0.1, 0.15) is 261 Å². The van der Waals surface area contributed by atoms with Gasteiger partial charge in [0.25, 0.3) is 35.4 Å². The van der Waals surface area contributed by atoms with Crippen molar-refractivity contribution in [1.82, 2.24) is 71.0 Å². The van der Waals surface area contributed by atoms with Gasteiger partial charge in [0.1, 0.15) is 45.5 Å². The molecule has 114 heavy (non-hydrogen) atoms. The average molecular weight is 1560 g/mol. The van der Waals surface area contributed by atoms with E-state index < -0.39 is 11.9 Å². The number of nitrogens with zero attached hydrogens (tertiary/aromatic N) is 8. The van der Waals surface area contributed by atoms with E-state index in [0.717, 1.165) is 118 Å². The molecular weight excluding hydrogens is 1450 g/mol. The fourth-order valence-electron chi connectivity index (χ4n) is 13.9. The molecule has 7 aliphatic carbocycles. The minimum atomic E-state index is -1.14. The van der Waals surface area contributed by atoms with Gasteiger partial charge in [-0.2, -0.15) is 20.4 Å². The molecule has 0 spiro atoms. The molecule has 18 N–H and O–H groups in total. The van der Waals surface area contributed by atoms with Crippen LogP contribution in [0, 0.1) is 45.4 Å². The summed E-state index contributed by atoms with van der Waals surface area (Å²) in [5.74, 6) is 0.0420. The summed E-state index contributed by atoms with van der Waals surface area (Å²) in [5, 5.41) is 44.1. The van der Waals surface area contributed by atoms with Crippen molar-refractivity contribution in [3.05, 3.63) is 164 Å². The van der Waals surface area contributed by atoms with Crippen LogP contribution in [0.3, 0.4) is 0 Å². The summed E-state index contributed by atoms with van der Waals surface area (Å²) in [6.45, 7) is 16.2. The van der Waals surface area contributed by atoms with Gasteiger partial charge in [0.15, 0.2) is 0 Å². The third-order valence-corrected chi connectivity index (χ3v) is 21.9. The summed E-state index contributed by atoms with van der Waals surface area (Å²) in [7, 11) is 0. The second-order valence-corrected chi connectivity index (χ2v) is 31.1. The third kappa shape index (κ3) is 22.4. The number of carbonyl (C=O) groups is 8. The van der Waals surface area contributed by atoms with Crippen molar-refractivity contribution in [3.63, 3.8) is 0 Å². The fourth-order valence-corrected chi connectivity index (χ4v) is 13.9. The van der Waals surface area contributed by atoms with Gasteiger partial charge in [-0.15, -0.1) is 0 Å². The number of aromatic nitrogens is 8. The van der Waals surface area contributed by atoms with Gasteiger partial charge in [0.05, 0.1) is 54.1 Å². The van der Waals surface area contributed by atoms with Gasteiger partial charge in [0.2, 0.25) is 0 Å². The molecular formula is C83H110LiN19O11. The normalized spacial score (nSPS) is 19.3. The second-order valence-electron chi connectivity index (χ2n) is 31.1. The second kappa shape index (κ2) is 39.3. The Labute approximate surface area is 676 Å². The Hall–Kier alpha value is -10.8. The van der Waals surface area contributed by atoms with Gasteiger partial charge in [-0.05, 0) is 213 Å². The molecule has 604 valence electrons. The van der Waals surface area contributed by atoms with Crippen molar-refractivity contribution in [2.75, 3.05) is 29.5 Å². The van der Waals surface area contributed by atoms with Crippen molar-refractivity contribution in [1.29, 1.82) is 0 Å². The number of ether oxygens (including phenoxy) is 1. The Morgan fingerprint density at radius 1 is 0.395 bits per heavy atom. The first kappa shape index (κ1) is 87.2. The quantitative estimate of drug-likeness (QED) is 0.0276. The van der Waals surface area contributed by atoms with Crippen LogP contribution in [0.15, 0.2) is 97.6 Å². The molecule has 7 aliphatic rings. The minimum absolute atomic E-state index is 0. The van der Waals surface area contributed by atoms with Gasteiger partial charge in [-0.25, -0.2) is 28.3 Å². The number of nitrogens with two attached hydrogens (primary N) is 5. The zero-order valence-electron chi connectivity index (χ0n) is 66.9. The average Bonchev–Trinajstić information content (AvgIpc) is 1.64. The predicted octanol–water partition coefficient (Wildman–Crippen LogP) is 7.46. The molecule has 15 rings (SSSR count). The van der Waals surface area contributed by atoms with Crippen LogP contribution in [0.4, 0.5) is 23.3 Å². The third-order valence-electron chi connectivity index (χ3n) is 21.9. The molecule has 31 heteroatoms. The first-order valence-electron chi connectivity index (χ1n) is 39.5. The van der Waals surface area contributed by atoms with Crippen LogP contribution >= 0.6 is 0 Å². The van der Waals surface area contributed by atoms with E-state index in [1.165, 1.54) is 72.7 Å². The maximum Gasteiger partial charge on any atom is 1.00 e. The number of esters is 1. The molecule has 0 radical (unpaired) electrons. The summed E-state index contributed by atoms with van der Waals surface area (Å²) < 4.78 is 10.8. The number of carboxylic acid groups (broad SMARTS) is 1. The van der Waals surface area contributed by atoms with Crippen molar-refractivity contribution < 1.29 is 72.5 Å². The zero-order valence-corrected chi connectivity index (χ0v) is 66.9. The molecule has 6 unspecified atom stereocenters. The number of amides is 6. The van der Waals surface area contributed by atoms with Gasteiger partial charge in [0, 0.05) is 64.5 Å². The molecule has 8 aromatic rings. The van der Waals surface area contributed by atoms with E-state index in [1.54, 1.807) is 70.9 Å². The number of nitrogens with one attached hydrogen (secondary N) is 6. The maximum absolute atomic E-state index is 12.8.